The predicted octanol–water partition coefficient (Wildman–Crippen LogP) is 2.55. The van der Waals surface area contributed by atoms with Crippen LogP contribution in [0, 0.1) is 5.82 Å². The third-order valence-corrected chi connectivity index (χ3v) is 5.45. The number of nitrogens with zero attached hydrogens (tertiary/aromatic N) is 5. The van der Waals surface area contributed by atoms with Crippen molar-refractivity contribution in [3.05, 3.63) is 60.8 Å². The Morgan fingerprint density at radius 2 is 1.91 bits per heavy atom. The third-order valence-electron chi connectivity index (χ3n) is 5.45. The van der Waals surface area contributed by atoms with E-state index >= 15 is 0 Å². The van der Waals surface area contributed by atoms with Crippen LogP contribution < -0.4 is 4.90 Å². The van der Waals surface area contributed by atoms with E-state index in [1.807, 2.05) is 12.1 Å². The van der Waals surface area contributed by atoms with Gasteiger partial charge in [-0.1, -0.05) is 6.07 Å². The molecule has 3 amide bonds. The minimum absolute atomic E-state index is 0.00403. The highest BCUT2D eigenvalue weighted by atomic mass is 19.1. The summed E-state index contributed by atoms with van der Waals surface area (Å²) >= 11 is 0. The van der Waals surface area contributed by atoms with Crippen LogP contribution in [0.3, 0.4) is 0 Å². The van der Waals surface area contributed by atoms with Crippen molar-refractivity contribution < 1.29 is 23.5 Å². The summed E-state index contributed by atoms with van der Waals surface area (Å²) in [4.78, 5) is 42.6. The highest BCUT2D eigenvalue weighted by molar-refractivity contribution is 6.02. The third kappa shape index (κ3) is 3.59. The number of rotatable bonds is 5. The number of ether oxygens (including phenoxy) is 1. The standard InChI is InChI=1S/C22H18FN5O4/c23-17-9-15(26-12-16(32-22(26)31)13-27-20(29)6-7-21(27)30)4-5-19(17)28-11-14(10-25-28)18-3-1-2-8-24-18/h1-5,8-11,16H,6-7,12-13H2/t16-/m1/s1. The van der Waals surface area contributed by atoms with Crippen molar-refractivity contribution >= 4 is 23.6 Å². The van der Waals surface area contributed by atoms with Gasteiger partial charge in [0.05, 0.1) is 30.7 Å². The zero-order valence-corrected chi connectivity index (χ0v) is 16.8. The van der Waals surface area contributed by atoms with Gasteiger partial charge >= 0.3 is 6.09 Å². The Hall–Kier alpha value is -4.08. The van der Waals surface area contributed by atoms with Gasteiger partial charge in [0.15, 0.2) is 5.82 Å². The molecule has 9 nitrogen and oxygen atoms in total. The van der Waals surface area contributed by atoms with E-state index < -0.39 is 18.0 Å². The summed E-state index contributed by atoms with van der Waals surface area (Å²) in [5, 5.41) is 4.21. The second-order valence-corrected chi connectivity index (χ2v) is 7.54. The van der Waals surface area contributed by atoms with E-state index in [-0.39, 0.29) is 43.4 Å². The van der Waals surface area contributed by atoms with Gasteiger partial charge in [0.2, 0.25) is 11.8 Å². The van der Waals surface area contributed by atoms with Gasteiger partial charge in [0.1, 0.15) is 11.8 Å². The van der Waals surface area contributed by atoms with Crippen molar-refractivity contribution in [3.8, 4) is 16.9 Å². The van der Waals surface area contributed by atoms with Gasteiger partial charge in [0.25, 0.3) is 0 Å². The maximum Gasteiger partial charge on any atom is 0.414 e. The molecule has 0 saturated carbocycles. The minimum Gasteiger partial charge on any atom is -0.442 e. The van der Waals surface area contributed by atoms with Crippen molar-refractivity contribution in [1.82, 2.24) is 19.7 Å². The maximum atomic E-state index is 14.9. The number of imide groups is 1. The summed E-state index contributed by atoms with van der Waals surface area (Å²) in [6, 6.07) is 9.84. The van der Waals surface area contributed by atoms with Crippen LogP contribution in [0.5, 0.6) is 0 Å². The van der Waals surface area contributed by atoms with Crippen molar-refractivity contribution in [2.75, 3.05) is 18.0 Å². The molecule has 2 fully saturated rings. The summed E-state index contributed by atoms with van der Waals surface area (Å²) in [5.74, 6) is -1.12. The number of cyclic esters (lactones) is 1. The van der Waals surface area contributed by atoms with Crippen LogP contribution in [-0.2, 0) is 14.3 Å². The smallest absolute Gasteiger partial charge is 0.414 e. The van der Waals surface area contributed by atoms with E-state index in [1.165, 1.54) is 21.7 Å². The molecule has 4 heterocycles. The number of amides is 3. The monoisotopic (exact) mass is 435 g/mol. The fraction of sp³-hybridized carbons (Fsp3) is 0.227. The first-order valence-electron chi connectivity index (χ1n) is 10.1. The van der Waals surface area contributed by atoms with Gasteiger partial charge in [-0.25, -0.2) is 13.9 Å². The molecule has 5 rings (SSSR count). The number of carbonyl (C=O) groups is 3. The molecule has 2 aliphatic rings. The number of aromatic nitrogens is 3. The van der Waals surface area contributed by atoms with Crippen LogP contribution in [0.2, 0.25) is 0 Å². The molecule has 3 aromatic rings. The lowest BCUT2D eigenvalue weighted by Crippen LogP contribution is -2.38. The first-order chi connectivity index (χ1) is 15.5. The van der Waals surface area contributed by atoms with E-state index in [1.54, 1.807) is 30.7 Å². The molecule has 0 N–H and O–H groups in total. The van der Waals surface area contributed by atoms with Gasteiger partial charge in [-0.2, -0.15) is 5.10 Å². The Labute approximate surface area is 182 Å². The maximum absolute atomic E-state index is 14.9. The summed E-state index contributed by atoms with van der Waals surface area (Å²) in [5.41, 5.74) is 1.99. The van der Waals surface area contributed by atoms with Crippen LogP contribution in [-0.4, -0.2) is 56.8 Å². The highest BCUT2D eigenvalue weighted by Crippen LogP contribution is 2.27. The molecule has 1 aromatic carbocycles. The molecular weight excluding hydrogens is 417 g/mol. The minimum atomic E-state index is -0.664. The van der Waals surface area contributed by atoms with E-state index in [9.17, 15) is 18.8 Å². The second kappa shape index (κ2) is 7.88. The molecule has 2 aromatic heterocycles. The molecule has 0 aliphatic carbocycles. The van der Waals surface area contributed by atoms with Crippen LogP contribution in [0.4, 0.5) is 14.9 Å². The number of likely N-dealkylation sites (tertiary alicyclic amines) is 1. The molecule has 2 aliphatic heterocycles. The Morgan fingerprint density at radius 1 is 1.09 bits per heavy atom. The van der Waals surface area contributed by atoms with Gasteiger partial charge < -0.3 is 4.74 Å². The molecule has 1 atom stereocenters. The summed E-state index contributed by atoms with van der Waals surface area (Å²) < 4.78 is 21.6. The van der Waals surface area contributed by atoms with Crippen molar-refractivity contribution in [1.29, 1.82) is 0 Å². The van der Waals surface area contributed by atoms with Crippen molar-refractivity contribution in [2.45, 2.75) is 18.9 Å². The lowest BCUT2D eigenvalue weighted by atomic mass is 10.2. The normalized spacial score (nSPS) is 18.5. The average Bonchev–Trinajstić information content (AvgIpc) is 3.50. The Morgan fingerprint density at radius 3 is 2.62 bits per heavy atom. The van der Waals surface area contributed by atoms with E-state index in [2.05, 4.69) is 10.1 Å². The quantitative estimate of drug-likeness (QED) is 0.572. The van der Waals surface area contributed by atoms with E-state index in [0.29, 0.717) is 5.69 Å². The topological polar surface area (TPSA) is 97.6 Å². The van der Waals surface area contributed by atoms with Crippen LogP contribution in [0.15, 0.2) is 55.0 Å². The fourth-order valence-corrected chi connectivity index (χ4v) is 3.83. The van der Waals surface area contributed by atoms with Crippen LogP contribution in [0.1, 0.15) is 12.8 Å². The molecule has 0 bridgehead atoms. The number of benzene rings is 1. The van der Waals surface area contributed by atoms with Gasteiger partial charge in [0, 0.05) is 30.8 Å². The number of halogens is 1. The zero-order chi connectivity index (χ0) is 22.2. The summed E-state index contributed by atoms with van der Waals surface area (Å²) in [6.07, 6.45) is 3.96. The van der Waals surface area contributed by atoms with Gasteiger partial charge in [-0.05, 0) is 30.3 Å². The second-order valence-electron chi connectivity index (χ2n) is 7.54. The summed E-state index contributed by atoms with van der Waals surface area (Å²) in [7, 11) is 0. The van der Waals surface area contributed by atoms with Gasteiger partial charge in [-0.3, -0.25) is 24.4 Å². The molecule has 0 unspecified atom stereocenters. The molecule has 162 valence electrons. The number of hydrogen-bond acceptors (Lipinski definition) is 6. The Bertz CT molecular complexity index is 1200. The number of carbonyl (C=O) groups excluding carboxylic acids is 3. The highest BCUT2D eigenvalue weighted by Gasteiger charge is 2.38. The molecule has 0 spiro atoms. The largest absolute Gasteiger partial charge is 0.442 e. The van der Waals surface area contributed by atoms with Crippen molar-refractivity contribution in [3.63, 3.8) is 0 Å². The SMILES string of the molecule is O=C1CCC(=O)N1C[C@H]1CN(c2ccc(-n3cc(-c4ccccn4)cn3)c(F)c2)C(=O)O1. The van der Waals surface area contributed by atoms with Crippen LogP contribution >= 0.6 is 0 Å². The molecule has 10 heteroatoms. The number of hydrogen-bond donors (Lipinski definition) is 0. The zero-order valence-electron chi connectivity index (χ0n) is 16.8. The Balaban J connectivity index is 1.32. The van der Waals surface area contributed by atoms with Gasteiger partial charge in [-0.15, -0.1) is 0 Å². The lowest BCUT2D eigenvalue weighted by molar-refractivity contribution is -0.139. The molecule has 2 saturated heterocycles. The van der Waals surface area contributed by atoms with E-state index in [4.69, 9.17) is 4.74 Å². The van der Waals surface area contributed by atoms with E-state index in [0.717, 1.165) is 16.2 Å². The van der Waals surface area contributed by atoms with Crippen molar-refractivity contribution in [2.24, 2.45) is 0 Å². The average molecular weight is 435 g/mol. The molecule has 32 heavy (non-hydrogen) atoms. The fourth-order valence-electron chi connectivity index (χ4n) is 3.83. The number of pyridine rings is 1. The Kier molecular flexibility index (Phi) is 4.89. The predicted molar refractivity (Wildman–Crippen MR) is 110 cm³/mol. The molecular formula is C22H18FN5O4. The lowest BCUT2D eigenvalue weighted by Gasteiger charge is -2.17. The first-order valence-corrected chi connectivity index (χ1v) is 10.1. The number of anilines is 1. The first kappa shape index (κ1) is 19.9. The van der Waals surface area contributed by atoms with Crippen LogP contribution in [0.25, 0.3) is 16.9 Å². The summed E-state index contributed by atoms with van der Waals surface area (Å²) in [6.45, 7) is 0.115. The molecule has 0 radical (unpaired) electrons.